The number of hydrogen-bond donors (Lipinski definition) is 1. The molecular weight excluding hydrogens is 273 g/mol. The van der Waals surface area contributed by atoms with Gasteiger partial charge in [0.25, 0.3) is 5.91 Å². The number of carbonyl (C=O) groups excluding carboxylic acids is 1. The molecule has 0 saturated carbocycles. The van der Waals surface area contributed by atoms with Crippen LogP contribution in [0.1, 0.15) is 43.1 Å². The summed E-state index contributed by atoms with van der Waals surface area (Å²) in [6, 6.07) is 4.15. The number of carbonyl (C=O) groups is 2. The third-order valence-electron chi connectivity index (χ3n) is 3.38. The van der Waals surface area contributed by atoms with Gasteiger partial charge in [-0.3, -0.25) is 4.79 Å². The summed E-state index contributed by atoms with van der Waals surface area (Å²) >= 11 is 0. The van der Waals surface area contributed by atoms with E-state index in [0.29, 0.717) is 6.54 Å². The molecule has 4 nitrogen and oxygen atoms in total. The second-order valence-corrected chi connectivity index (χ2v) is 4.76. The molecule has 0 aromatic heterocycles. The fraction of sp³-hybridized carbons (Fsp3) is 0.375. The van der Waals surface area contributed by atoms with Gasteiger partial charge < -0.3 is 10.0 Å². The van der Waals surface area contributed by atoms with Crippen LogP contribution in [0.2, 0.25) is 0 Å². The van der Waals surface area contributed by atoms with Gasteiger partial charge in [0.2, 0.25) is 0 Å². The lowest BCUT2D eigenvalue weighted by Gasteiger charge is -2.27. The van der Waals surface area contributed by atoms with Gasteiger partial charge in [-0.25, -0.2) is 9.18 Å². The lowest BCUT2D eigenvalue weighted by atomic mass is 10.1. The summed E-state index contributed by atoms with van der Waals surface area (Å²) in [5, 5.41) is 8.53. The van der Waals surface area contributed by atoms with Crippen molar-refractivity contribution >= 4 is 18.0 Å². The van der Waals surface area contributed by atoms with Gasteiger partial charge >= 0.3 is 5.97 Å². The highest BCUT2D eigenvalue weighted by Gasteiger charge is 2.19. The molecule has 0 radical (unpaired) electrons. The quantitative estimate of drug-likeness (QED) is 0.819. The average molecular weight is 293 g/mol. The molecule has 21 heavy (non-hydrogen) atoms. The van der Waals surface area contributed by atoms with Crippen LogP contribution in [0.3, 0.4) is 0 Å². The van der Waals surface area contributed by atoms with E-state index in [0.717, 1.165) is 24.6 Å². The van der Waals surface area contributed by atoms with Gasteiger partial charge in [-0.1, -0.05) is 13.0 Å². The minimum atomic E-state index is -1.15. The first kappa shape index (κ1) is 16.9. The fourth-order valence-corrected chi connectivity index (χ4v) is 2.00. The Morgan fingerprint density at radius 3 is 2.52 bits per heavy atom. The van der Waals surface area contributed by atoms with Crippen molar-refractivity contribution in [3.8, 4) is 0 Å². The second-order valence-electron chi connectivity index (χ2n) is 4.76. The molecule has 0 spiro atoms. The zero-order valence-electron chi connectivity index (χ0n) is 12.5. The Balaban J connectivity index is 3.02. The third-order valence-corrected chi connectivity index (χ3v) is 3.38. The van der Waals surface area contributed by atoms with E-state index in [2.05, 4.69) is 0 Å². The van der Waals surface area contributed by atoms with Gasteiger partial charge in [-0.2, -0.15) is 0 Å². The summed E-state index contributed by atoms with van der Waals surface area (Å²) in [4.78, 5) is 24.5. The molecule has 1 amide bonds. The number of rotatable bonds is 6. The molecule has 1 rings (SSSR count). The van der Waals surface area contributed by atoms with Gasteiger partial charge in [0.15, 0.2) is 0 Å². The monoisotopic (exact) mass is 293 g/mol. The molecule has 0 bridgehead atoms. The third kappa shape index (κ3) is 4.41. The summed E-state index contributed by atoms with van der Waals surface area (Å²) < 4.78 is 13.9. The van der Waals surface area contributed by atoms with Crippen molar-refractivity contribution in [1.82, 2.24) is 4.90 Å². The highest BCUT2D eigenvalue weighted by Crippen LogP contribution is 2.16. The number of nitrogens with zero attached hydrogens (tertiary/aromatic N) is 1. The fourth-order valence-electron chi connectivity index (χ4n) is 2.00. The molecule has 5 heteroatoms. The van der Waals surface area contributed by atoms with Crippen LogP contribution in [-0.2, 0) is 4.79 Å². The van der Waals surface area contributed by atoms with Crippen molar-refractivity contribution in [1.29, 1.82) is 0 Å². The number of hydrogen-bond acceptors (Lipinski definition) is 2. The maximum atomic E-state index is 13.9. The van der Waals surface area contributed by atoms with Crippen LogP contribution in [0.5, 0.6) is 0 Å². The predicted octanol–water partition coefficient (Wildman–Crippen LogP) is 3.18. The molecule has 1 unspecified atom stereocenters. The summed E-state index contributed by atoms with van der Waals surface area (Å²) in [6.45, 7) is 6.36. The van der Waals surface area contributed by atoms with Gasteiger partial charge in [0.05, 0.1) is 0 Å². The van der Waals surface area contributed by atoms with Crippen molar-refractivity contribution in [3.05, 3.63) is 41.2 Å². The Morgan fingerprint density at radius 1 is 1.38 bits per heavy atom. The molecule has 114 valence electrons. The Morgan fingerprint density at radius 2 is 2.05 bits per heavy atom. The average Bonchev–Trinajstić information content (AvgIpc) is 2.46. The van der Waals surface area contributed by atoms with Crippen LogP contribution in [0.15, 0.2) is 24.3 Å². The standard InChI is InChI=1S/C16H20FNO3/c1-4-11(3)18(5-2)16(21)13-7-6-12(14(17)10-13)8-9-15(19)20/h6-11H,4-5H2,1-3H3,(H,19,20). The lowest BCUT2D eigenvalue weighted by molar-refractivity contribution is -0.131. The summed E-state index contributed by atoms with van der Waals surface area (Å²) in [5.41, 5.74) is 0.405. The zero-order chi connectivity index (χ0) is 16.0. The van der Waals surface area contributed by atoms with Crippen LogP contribution in [0.25, 0.3) is 6.08 Å². The Labute approximate surface area is 123 Å². The van der Waals surface area contributed by atoms with E-state index in [1.54, 1.807) is 4.90 Å². The minimum Gasteiger partial charge on any atom is -0.478 e. The Kier molecular flexibility index (Phi) is 6.09. The van der Waals surface area contributed by atoms with E-state index in [1.165, 1.54) is 12.1 Å². The smallest absolute Gasteiger partial charge is 0.328 e. The first-order valence-corrected chi connectivity index (χ1v) is 6.92. The number of carboxylic acids is 1. The first-order chi connectivity index (χ1) is 9.90. The van der Waals surface area contributed by atoms with E-state index in [9.17, 15) is 14.0 Å². The number of benzene rings is 1. The van der Waals surface area contributed by atoms with Crippen LogP contribution < -0.4 is 0 Å². The molecule has 1 atom stereocenters. The van der Waals surface area contributed by atoms with E-state index >= 15 is 0 Å². The molecular formula is C16H20FNO3. The normalized spacial score (nSPS) is 12.4. The van der Waals surface area contributed by atoms with Crippen LogP contribution in [0.4, 0.5) is 4.39 Å². The van der Waals surface area contributed by atoms with Crippen LogP contribution in [-0.4, -0.2) is 34.5 Å². The van der Waals surface area contributed by atoms with E-state index in [-0.39, 0.29) is 23.1 Å². The Bertz CT molecular complexity index is 554. The molecule has 0 saturated heterocycles. The van der Waals surface area contributed by atoms with Crippen LogP contribution >= 0.6 is 0 Å². The molecule has 0 heterocycles. The largest absolute Gasteiger partial charge is 0.478 e. The van der Waals surface area contributed by atoms with Crippen LogP contribution in [0, 0.1) is 5.82 Å². The van der Waals surface area contributed by atoms with Crippen molar-refractivity contribution < 1.29 is 19.1 Å². The summed E-state index contributed by atoms with van der Waals surface area (Å²) in [6.07, 6.45) is 2.84. The summed E-state index contributed by atoms with van der Waals surface area (Å²) in [5.74, 6) is -1.98. The van der Waals surface area contributed by atoms with Crippen molar-refractivity contribution in [3.63, 3.8) is 0 Å². The maximum Gasteiger partial charge on any atom is 0.328 e. The van der Waals surface area contributed by atoms with Gasteiger partial charge in [-0.05, 0) is 38.5 Å². The number of carboxylic acid groups (broad SMARTS) is 1. The number of halogens is 1. The molecule has 1 aromatic carbocycles. The molecule has 1 aromatic rings. The predicted molar refractivity (Wildman–Crippen MR) is 79.5 cm³/mol. The molecule has 0 fully saturated rings. The maximum absolute atomic E-state index is 13.9. The highest BCUT2D eigenvalue weighted by atomic mass is 19.1. The Hall–Kier alpha value is -2.17. The van der Waals surface area contributed by atoms with E-state index in [1.807, 2.05) is 20.8 Å². The van der Waals surface area contributed by atoms with Crippen molar-refractivity contribution in [2.75, 3.05) is 6.54 Å². The van der Waals surface area contributed by atoms with E-state index in [4.69, 9.17) is 5.11 Å². The minimum absolute atomic E-state index is 0.0807. The van der Waals surface area contributed by atoms with E-state index < -0.39 is 11.8 Å². The van der Waals surface area contributed by atoms with Gasteiger partial charge in [0, 0.05) is 29.8 Å². The molecule has 1 N–H and O–H groups in total. The zero-order valence-corrected chi connectivity index (χ0v) is 12.5. The molecule has 0 aliphatic heterocycles. The number of amides is 1. The van der Waals surface area contributed by atoms with Crippen molar-refractivity contribution in [2.24, 2.45) is 0 Å². The molecule has 0 aliphatic carbocycles. The topological polar surface area (TPSA) is 57.6 Å². The highest BCUT2D eigenvalue weighted by molar-refractivity contribution is 5.94. The van der Waals surface area contributed by atoms with Crippen molar-refractivity contribution in [2.45, 2.75) is 33.2 Å². The first-order valence-electron chi connectivity index (χ1n) is 6.92. The SMILES string of the molecule is CCC(C)N(CC)C(=O)c1ccc(C=CC(=O)O)c(F)c1. The summed E-state index contributed by atoms with van der Waals surface area (Å²) in [7, 11) is 0. The van der Waals surface area contributed by atoms with Gasteiger partial charge in [0.1, 0.15) is 5.82 Å². The second kappa shape index (κ2) is 7.57. The number of aliphatic carboxylic acids is 1. The lowest BCUT2D eigenvalue weighted by Crippen LogP contribution is -2.38. The molecule has 0 aliphatic rings. The van der Waals surface area contributed by atoms with Gasteiger partial charge in [-0.15, -0.1) is 0 Å².